The van der Waals surface area contributed by atoms with Gasteiger partial charge in [-0.3, -0.25) is 10.1 Å². The van der Waals surface area contributed by atoms with Gasteiger partial charge in [0.1, 0.15) is 0 Å². The largest absolute Gasteiger partial charge is 0.270 e. The Bertz CT molecular complexity index is 550. The van der Waals surface area contributed by atoms with E-state index in [4.69, 9.17) is 0 Å². The van der Waals surface area contributed by atoms with Gasteiger partial charge in [0, 0.05) is 30.3 Å². The van der Waals surface area contributed by atoms with Crippen LogP contribution in [0.1, 0.15) is 5.56 Å². The van der Waals surface area contributed by atoms with Gasteiger partial charge in [0.25, 0.3) is 5.69 Å². The zero-order valence-corrected chi connectivity index (χ0v) is 9.06. The van der Waals surface area contributed by atoms with Crippen molar-refractivity contribution in [2.24, 2.45) is 0 Å². The quantitative estimate of drug-likeness (QED) is 0.459. The lowest BCUT2D eigenvalue weighted by atomic mass is 10.2. The molecule has 0 N–H and O–H groups in total. The van der Waals surface area contributed by atoms with Crippen molar-refractivity contribution in [3.8, 4) is 0 Å². The Hall–Kier alpha value is -2.49. The van der Waals surface area contributed by atoms with Crippen molar-refractivity contribution in [3.63, 3.8) is 0 Å². The Morgan fingerprint density at radius 3 is 2.59 bits per heavy atom. The van der Waals surface area contributed by atoms with Crippen molar-refractivity contribution in [1.29, 1.82) is 0 Å². The first-order valence-electron chi connectivity index (χ1n) is 5.14. The normalized spacial score (nSPS) is 10.6. The Morgan fingerprint density at radius 1 is 1.12 bits per heavy atom. The fourth-order valence-electron chi connectivity index (χ4n) is 1.43. The van der Waals surface area contributed by atoms with Crippen molar-refractivity contribution in [2.45, 2.75) is 0 Å². The maximum absolute atomic E-state index is 10.6. The van der Waals surface area contributed by atoms with Crippen LogP contribution in [0.4, 0.5) is 5.69 Å². The van der Waals surface area contributed by atoms with E-state index in [2.05, 4.69) is 0 Å². The molecule has 1 aromatic carbocycles. The molecule has 0 aliphatic heterocycles. The van der Waals surface area contributed by atoms with Gasteiger partial charge in [-0.05, 0) is 5.56 Å². The first-order valence-corrected chi connectivity index (χ1v) is 5.14. The molecule has 0 unspecified atom stereocenters. The molecular weight excluding hydrogens is 216 g/mol. The minimum absolute atomic E-state index is 0.102. The molecule has 17 heavy (non-hydrogen) atoms. The van der Waals surface area contributed by atoms with Crippen molar-refractivity contribution < 1.29 is 9.49 Å². The van der Waals surface area contributed by atoms with Crippen molar-refractivity contribution >= 4 is 18.0 Å². The van der Waals surface area contributed by atoms with Gasteiger partial charge in [0.15, 0.2) is 18.6 Å². The van der Waals surface area contributed by atoms with Crippen LogP contribution in [-0.2, 0) is 0 Å². The fourth-order valence-corrected chi connectivity index (χ4v) is 1.43. The first-order chi connectivity index (χ1) is 8.25. The zero-order chi connectivity index (χ0) is 12.1. The lowest BCUT2D eigenvalue weighted by Gasteiger charge is -1.92. The second-order valence-corrected chi connectivity index (χ2v) is 3.49. The highest BCUT2D eigenvalue weighted by molar-refractivity contribution is 5.59. The molecule has 4 heteroatoms. The molecule has 0 radical (unpaired) electrons. The maximum Gasteiger partial charge on any atom is 0.270 e. The summed E-state index contributed by atoms with van der Waals surface area (Å²) < 4.78 is 1.87. The molecule has 0 amide bonds. The second kappa shape index (κ2) is 5.03. The van der Waals surface area contributed by atoms with E-state index in [-0.39, 0.29) is 5.69 Å². The van der Waals surface area contributed by atoms with Gasteiger partial charge in [-0.25, -0.2) is 0 Å². The molecule has 0 fully saturated rings. The molecule has 0 saturated heterocycles. The van der Waals surface area contributed by atoms with Crippen LogP contribution < -0.4 is 4.57 Å². The molecule has 1 aromatic heterocycles. The van der Waals surface area contributed by atoms with Crippen LogP contribution in [-0.4, -0.2) is 4.92 Å². The first kappa shape index (κ1) is 11.0. The summed E-state index contributed by atoms with van der Waals surface area (Å²) in [5.41, 5.74) is 0.903. The predicted molar refractivity (Wildman–Crippen MR) is 65.0 cm³/mol. The summed E-state index contributed by atoms with van der Waals surface area (Å²) in [6.45, 7) is 0. The summed E-state index contributed by atoms with van der Waals surface area (Å²) in [6.07, 6.45) is 7.47. The SMILES string of the molecule is O=[N+]([O-])c1cccc(/C=C/[n+]2ccccc2)c1. The molecule has 84 valence electrons. The number of rotatable bonds is 3. The lowest BCUT2D eigenvalue weighted by Crippen LogP contribution is -2.23. The van der Waals surface area contributed by atoms with Crippen LogP contribution in [0.2, 0.25) is 0 Å². The van der Waals surface area contributed by atoms with Gasteiger partial charge in [-0.1, -0.05) is 18.2 Å². The fraction of sp³-hybridized carbons (Fsp3) is 0. The van der Waals surface area contributed by atoms with Crippen LogP contribution >= 0.6 is 0 Å². The molecule has 4 nitrogen and oxygen atoms in total. The topological polar surface area (TPSA) is 47.0 Å². The van der Waals surface area contributed by atoms with E-state index in [9.17, 15) is 10.1 Å². The summed E-state index contributed by atoms with van der Waals surface area (Å²) in [7, 11) is 0. The summed E-state index contributed by atoms with van der Waals surface area (Å²) in [6, 6.07) is 12.3. The van der Waals surface area contributed by atoms with E-state index < -0.39 is 4.92 Å². The molecule has 1 heterocycles. The highest BCUT2D eigenvalue weighted by Gasteiger charge is 2.03. The molecule has 0 aliphatic carbocycles. The van der Waals surface area contributed by atoms with Crippen LogP contribution in [0.5, 0.6) is 0 Å². The number of hydrogen-bond acceptors (Lipinski definition) is 2. The van der Waals surface area contributed by atoms with E-state index in [0.717, 1.165) is 5.56 Å². The van der Waals surface area contributed by atoms with Gasteiger partial charge < -0.3 is 0 Å². The average molecular weight is 227 g/mol. The van der Waals surface area contributed by atoms with E-state index in [1.807, 2.05) is 53.5 Å². The number of pyridine rings is 1. The summed E-state index contributed by atoms with van der Waals surface area (Å²) in [5.74, 6) is 0. The Balaban J connectivity index is 2.22. The monoisotopic (exact) mass is 227 g/mol. The average Bonchev–Trinajstić information content (AvgIpc) is 2.38. The summed E-state index contributed by atoms with van der Waals surface area (Å²) in [5, 5.41) is 10.6. The minimum atomic E-state index is -0.396. The smallest absolute Gasteiger partial charge is 0.258 e. The minimum Gasteiger partial charge on any atom is -0.258 e. The number of non-ortho nitro benzene ring substituents is 1. The number of nitro groups is 1. The summed E-state index contributed by atoms with van der Waals surface area (Å²) >= 11 is 0. The molecular formula is C13H11N2O2+. The number of nitro benzene ring substituents is 1. The highest BCUT2D eigenvalue weighted by atomic mass is 16.6. The summed E-state index contributed by atoms with van der Waals surface area (Å²) in [4.78, 5) is 10.2. The van der Waals surface area contributed by atoms with Crippen LogP contribution in [0, 0.1) is 10.1 Å². The molecule has 0 atom stereocenters. The number of benzene rings is 1. The molecule has 2 aromatic rings. The maximum atomic E-state index is 10.6. The van der Waals surface area contributed by atoms with E-state index in [0.29, 0.717) is 0 Å². The standard InChI is InChI=1S/C13H11N2O2/c16-15(17)13-6-4-5-12(11-13)7-10-14-8-2-1-3-9-14/h1-11H/q+1/b10-7+. The van der Waals surface area contributed by atoms with Crippen molar-refractivity contribution in [1.82, 2.24) is 0 Å². The second-order valence-electron chi connectivity index (χ2n) is 3.49. The highest BCUT2D eigenvalue weighted by Crippen LogP contribution is 2.13. The third kappa shape index (κ3) is 2.98. The molecule has 0 spiro atoms. The van der Waals surface area contributed by atoms with Crippen LogP contribution in [0.3, 0.4) is 0 Å². The number of aromatic nitrogens is 1. The Morgan fingerprint density at radius 2 is 1.88 bits per heavy atom. The molecule has 0 saturated carbocycles. The third-order valence-corrected chi connectivity index (χ3v) is 2.26. The van der Waals surface area contributed by atoms with E-state index >= 15 is 0 Å². The van der Waals surface area contributed by atoms with Crippen LogP contribution in [0.25, 0.3) is 12.3 Å². The number of nitrogens with zero attached hydrogens (tertiary/aromatic N) is 2. The van der Waals surface area contributed by atoms with Gasteiger partial charge in [-0.15, -0.1) is 0 Å². The van der Waals surface area contributed by atoms with Gasteiger partial charge >= 0.3 is 0 Å². The van der Waals surface area contributed by atoms with E-state index in [1.165, 1.54) is 6.07 Å². The number of hydrogen-bond donors (Lipinski definition) is 0. The Labute approximate surface area is 98.6 Å². The van der Waals surface area contributed by atoms with Crippen molar-refractivity contribution in [2.75, 3.05) is 0 Å². The third-order valence-electron chi connectivity index (χ3n) is 2.26. The van der Waals surface area contributed by atoms with Gasteiger partial charge in [0.2, 0.25) is 0 Å². The lowest BCUT2D eigenvalue weighted by molar-refractivity contribution is -0.567. The zero-order valence-electron chi connectivity index (χ0n) is 9.06. The molecule has 0 aliphatic rings. The molecule has 0 bridgehead atoms. The Kier molecular flexibility index (Phi) is 3.25. The van der Waals surface area contributed by atoms with E-state index in [1.54, 1.807) is 12.1 Å². The molecule has 2 rings (SSSR count). The van der Waals surface area contributed by atoms with Gasteiger partial charge in [-0.2, -0.15) is 4.57 Å². The van der Waals surface area contributed by atoms with Crippen LogP contribution in [0.15, 0.2) is 54.9 Å². The predicted octanol–water partition coefficient (Wildman–Crippen LogP) is 2.51. The van der Waals surface area contributed by atoms with Gasteiger partial charge in [0.05, 0.1) is 4.92 Å². The van der Waals surface area contributed by atoms with Crippen molar-refractivity contribution in [3.05, 3.63) is 70.5 Å².